The number of hydrogen-bond acceptors (Lipinski definition) is 3. The summed E-state index contributed by atoms with van der Waals surface area (Å²) in [6, 6.07) is 5.04. The van der Waals surface area contributed by atoms with Crippen molar-refractivity contribution in [1.82, 2.24) is 14.8 Å². The summed E-state index contributed by atoms with van der Waals surface area (Å²) >= 11 is 11.9. The molecule has 0 saturated heterocycles. The molecule has 17 heavy (non-hydrogen) atoms. The second kappa shape index (κ2) is 4.73. The van der Waals surface area contributed by atoms with E-state index in [1.165, 1.54) is 0 Å². The van der Waals surface area contributed by atoms with Crippen LogP contribution in [0.5, 0.6) is 0 Å². The highest BCUT2D eigenvalue weighted by Gasteiger charge is 2.08. The van der Waals surface area contributed by atoms with Crippen molar-refractivity contribution in [2.45, 2.75) is 6.54 Å². The molecule has 2 rings (SSSR count). The van der Waals surface area contributed by atoms with E-state index in [9.17, 15) is 9.59 Å². The number of halogens is 2. The van der Waals surface area contributed by atoms with Crippen molar-refractivity contribution in [2.75, 3.05) is 0 Å². The van der Waals surface area contributed by atoms with Crippen LogP contribution in [0.3, 0.4) is 0 Å². The number of aromatic amines is 1. The maximum absolute atomic E-state index is 11.4. The largest absolute Gasteiger partial charge is 0.345 e. The number of aromatic nitrogens is 3. The van der Waals surface area contributed by atoms with Gasteiger partial charge in [-0.25, -0.2) is 9.48 Å². The Bertz CT molecular complexity index is 643. The molecule has 0 saturated carbocycles. The minimum atomic E-state index is -0.603. The summed E-state index contributed by atoms with van der Waals surface area (Å²) < 4.78 is 1.08. The molecule has 88 valence electrons. The van der Waals surface area contributed by atoms with Gasteiger partial charge in [0.15, 0.2) is 0 Å². The van der Waals surface area contributed by atoms with Crippen LogP contribution in [0.15, 0.2) is 34.0 Å². The van der Waals surface area contributed by atoms with Gasteiger partial charge in [0.1, 0.15) is 6.20 Å². The van der Waals surface area contributed by atoms with E-state index < -0.39 is 11.2 Å². The van der Waals surface area contributed by atoms with Gasteiger partial charge in [-0.05, 0) is 12.1 Å². The maximum Gasteiger partial charge on any atom is 0.345 e. The molecule has 0 unspecified atom stereocenters. The number of rotatable bonds is 2. The number of benzene rings is 1. The lowest BCUT2D eigenvalue weighted by Gasteiger charge is -2.07. The Hall–Kier alpha value is -1.59. The summed E-state index contributed by atoms with van der Waals surface area (Å²) in [6.07, 6.45) is 1.02. The van der Waals surface area contributed by atoms with E-state index in [1.54, 1.807) is 18.2 Å². The molecule has 1 aromatic carbocycles. The minimum Gasteiger partial charge on any atom is -0.271 e. The SMILES string of the molecule is O=c1cnn(Cc2c(Cl)cccc2Cl)c(=O)[nH]1. The van der Waals surface area contributed by atoms with E-state index in [0.717, 1.165) is 10.9 Å². The predicted molar refractivity (Wildman–Crippen MR) is 64.7 cm³/mol. The quantitative estimate of drug-likeness (QED) is 0.895. The first-order valence-electron chi connectivity index (χ1n) is 4.67. The molecule has 0 spiro atoms. The van der Waals surface area contributed by atoms with Gasteiger partial charge in [-0.15, -0.1) is 0 Å². The summed E-state index contributed by atoms with van der Waals surface area (Å²) in [5, 5.41) is 4.58. The molecule has 0 aliphatic carbocycles. The van der Waals surface area contributed by atoms with E-state index in [0.29, 0.717) is 15.6 Å². The second-order valence-electron chi connectivity index (χ2n) is 3.30. The van der Waals surface area contributed by atoms with Gasteiger partial charge in [0.25, 0.3) is 5.56 Å². The lowest BCUT2D eigenvalue weighted by Crippen LogP contribution is -2.31. The van der Waals surface area contributed by atoms with Gasteiger partial charge in [-0.1, -0.05) is 29.3 Å². The van der Waals surface area contributed by atoms with Gasteiger partial charge in [0, 0.05) is 15.6 Å². The molecule has 1 N–H and O–H groups in total. The molecule has 0 radical (unpaired) electrons. The van der Waals surface area contributed by atoms with Crippen LogP contribution in [0.25, 0.3) is 0 Å². The zero-order valence-electron chi connectivity index (χ0n) is 8.48. The van der Waals surface area contributed by atoms with E-state index >= 15 is 0 Å². The predicted octanol–water partition coefficient (Wildman–Crippen LogP) is 1.29. The lowest BCUT2D eigenvalue weighted by atomic mass is 10.2. The lowest BCUT2D eigenvalue weighted by molar-refractivity contribution is 0.607. The molecule has 7 heteroatoms. The molecule has 5 nitrogen and oxygen atoms in total. The zero-order chi connectivity index (χ0) is 12.4. The van der Waals surface area contributed by atoms with E-state index in [4.69, 9.17) is 23.2 Å². The Kier molecular flexibility index (Phi) is 3.31. The van der Waals surface area contributed by atoms with E-state index in [2.05, 4.69) is 10.1 Å². The molecule has 1 aromatic heterocycles. The molecule has 0 amide bonds. The van der Waals surface area contributed by atoms with E-state index in [1.807, 2.05) is 0 Å². The summed E-state index contributed by atoms with van der Waals surface area (Å²) in [5.41, 5.74) is -0.567. The van der Waals surface area contributed by atoms with Gasteiger partial charge >= 0.3 is 5.69 Å². The number of nitrogens with one attached hydrogen (secondary N) is 1. The number of H-pyrrole nitrogens is 1. The van der Waals surface area contributed by atoms with Crippen LogP contribution >= 0.6 is 23.2 Å². The molecule has 0 fully saturated rings. The van der Waals surface area contributed by atoms with Crippen molar-refractivity contribution in [3.8, 4) is 0 Å². The van der Waals surface area contributed by atoms with Crippen LogP contribution in [0.1, 0.15) is 5.56 Å². The second-order valence-corrected chi connectivity index (χ2v) is 4.11. The van der Waals surface area contributed by atoms with Crippen LogP contribution in [0, 0.1) is 0 Å². The van der Waals surface area contributed by atoms with Crippen LogP contribution in [0.2, 0.25) is 10.0 Å². The van der Waals surface area contributed by atoms with Crippen LogP contribution < -0.4 is 11.2 Å². The average Bonchev–Trinajstić information content (AvgIpc) is 2.26. The van der Waals surface area contributed by atoms with Crippen LogP contribution in [-0.4, -0.2) is 14.8 Å². The standard InChI is InChI=1S/C10H7Cl2N3O2/c11-7-2-1-3-8(12)6(7)5-15-10(17)14-9(16)4-13-15/h1-4H,5H2,(H,14,16,17). The van der Waals surface area contributed by atoms with Gasteiger partial charge in [-0.3, -0.25) is 9.78 Å². The molecule has 0 bridgehead atoms. The van der Waals surface area contributed by atoms with Crippen molar-refractivity contribution in [3.63, 3.8) is 0 Å². The Balaban J connectivity index is 2.45. The molecular weight excluding hydrogens is 265 g/mol. The van der Waals surface area contributed by atoms with Crippen molar-refractivity contribution in [3.05, 3.63) is 60.8 Å². The van der Waals surface area contributed by atoms with Gasteiger partial charge < -0.3 is 0 Å². The number of hydrogen-bond donors (Lipinski definition) is 1. The normalized spacial score (nSPS) is 10.5. The third kappa shape index (κ3) is 2.57. The third-order valence-electron chi connectivity index (χ3n) is 2.15. The van der Waals surface area contributed by atoms with Crippen LogP contribution in [-0.2, 0) is 6.54 Å². The molecule has 1 heterocycles. The minimum absolute atomic E-state index is 0.105. The molecule has 0 aliphatic rings. The maximum atomic E-state index is 11.4. The zero-order valence-corrected chi connectivity index (χ0v) is 10.00. The smallest absolute Gasteiger partial charge is 0.271 e. The van der Waals surface area contributed by atoms with Crippen molar-refractivity contribution >= 4 is 23.2 Å². The van der Waals surface area contributed by atoms with E-state index in [-0.39, 0.29) is 6.54 Å². The Morgan fingerprint density at radius 2 is 1.88 bits per heavy atom. The van der Waals surface area contributed by atoms with Gasteiger partial charge in [0.2, 0.25) is 0 Å². The van der Waals surface area contributed by atoms with Crippen LogP contribution in [0.4, 0.5) is 0 Å². The Labute approximate surface area is 106 Å². The summed E-state index contributed by atoms with van der Waals surface area (Å²) in [7, 11) is 0. The third-order valence-corrected chi connectivity index (χ3v) is 2.86. The van der Waals surface area contributed by atoms with Gasteiger partial charge in [-0.2, -0.15) is 5.10 Å². The molecular formula is C10H7Cl2N3O2. The average molecular weight is 272 g/mol. The topological polar surface area (TPSA) is 67.8 Å². The molecule has 0 aliphatic heterocycles. The first-order chi connectivity index (χ1) is 8.08. The Morgan fingerprint density at radius 3 is 2.47 bits per heavy atom. The highest BCUT2D eigenvalue weighted by molar-refractivity contribution is 6.35. The summed E-state index contributed by atoms with van der Waals surface area (Å²) in [5.74, 6) is 0. The first kappa shape index (κ1) is 11.9. The fourth-order valence-electron chi connectivity index (χ4n) is 1.32. The molecule has 0 atom stereocenters. The van der Waals surface area contributed by atoms with Crippen molar-refractivity contribution in [1.29, 1.82) is 0 Å². The first-order valence-corrected chi connectivity index (χ1v) is 5.43. The number of nitrogens with zero attached hydrogens (tertiary/aromatic N) is 2. The highest BCUT2D eigenvalue weighted by atomic mass is 35.5. The Morgan fingerprint density at radius 1 is 1.24 bits per heavy atom. The summed E-state index contributed by atoms with van der Waals surface area (Å²) in [4.78, 5) is 24.4. The fraction of sp³-hybridized carbons (Fsp3) is 0.100. The highest BCUT2D eigenvalue weighted by Crippen LogP contribution is 2.24. The fourth-order valence-corrected chi connectivity index (χ4v) is 1.84. The van der Waals surface area contributed by atoms with Crippen molar-refractivity contribution < 1.29 is 0 Å². The van der Waals surface area contributed by atoms with Gasteiger partial charge in [0.05, 0.1) is 6.54 Å². The molecule has 2 aromatic rings. The monoisotopic (exact) mass is 271 g/mol. The van der Waals surface area contributed by atoms with Crippen molar-refractivity contribution in [2.24, 2.45) is 0 Å². The summed E-state index contributed by atoms with van der Waals surface area (Å²) in [6.45, 7) is 0.105.